The first-order valence-corrected chi connectivity index (χ1v) is 7.01. The van der Waals surface area contributed by atoms with Crippen LogP contribution < -0.4 is 5.48 Å². The van der Waals surface area contributed by atoms with Gasteiger partial charge in [-0.2, -0.15) is 0 Å². The highest BCUT2D eigenvalue weighted by atomic mass is 35.5. The van der Waals surface area contributed by atoms with Crippen LogP contribution in [0.25, 0.3) is 0 Å². The van der Waals surface area contributed by atoms with Crippen molar-refractivity contribution in [3.63, 3.8) is 0 Å². The van der Waals surface area contributed by atoms with Crippen molar-refractivity contribution in [2.24, 2.45) is 0 Å². The van der Waals surface area contributed by atoms with Gasteiger partial charge in [0.25, 0.3) is 0 Å². The second-order valence-electron chi connectivity index (χ2n) is 4.53. The molecule has 1 unspecified atom stereocenters. The molecule has 0 aliphatic heterocycles. The Kier molecular flexibility index (Phi) is 5.80. The third kappa shape index (κ3) is 4.76. The lowest BCUT2D eigenvalue weighted by atomic mass is 10.0. The topological polar surface area (TPSA) is 45.1 Å². The second kappa shape index (κ2) is 7.60. The summed E-state index contributed by atoms with van der Waals surface area (Å²) in [6, 6.07) is 9.36. The average molecular weight is 310 g/mol. The molecule has 20 heavy (non-hydrogen) atoms. The molecule has 2 aromatic rings. The minimum Gasteiger partial charge on any atom is -0.317 e. The zero-order valence-corrected chi connectivity index (χ0v) is 12.3. The van der Waals surface area contributed by atoms with Crippen molar-refractivity contribution >= 4 is 23.2 Å². The molecule has 1 atom stereocenters. The van der Waals surface area contributed by atoms with E-state index in [-0.39, 0.29) is 6.04 Å². The number of halogens is 2. The van der Waals surface area contributed by atoms with Gasteiger partial charge in [-0.15, -0.1) is 0 Å². The van der Waals surface area contributed by atoms with Crippen molar-refractivity contribution in [2.75, 3.05) is 0 Å². The first kappa shape index (κ1) is 15.3. The van der Waals surface area contributed by atoms with Gasteiger partial charge >= 0.3 is 0 Å². The zero-order valence-electron chi connectivity index (χ0n) is 10.8. The van der Waals surface area contributed by atoms with Crippen molar-refractivity contribution in [3.05, 3.63) is 70.3 Å². The van der Waals surface area contributed by atoms with Crippen molar-refractivity contribution < 1.29 is 5.21 Å². The van der Waals surface area contributed by atoms with Gasteiger partial charge in [0.05, 0.1) is 5.02 Å². The van der Waals surface area contributed by atoms with Gasteiger partial charge in [0.1, 0.15) is 0 Å². The molecule has 0 saturated heterocycles. The molecule has 0 spiro atoms. The maximum atomic E-state index is 9.24. The fourth-order valence-corrected chi connectivity index (χ4v) is 2.21. The van der Waals surface area contributed by atoms with Crippen molar-refractivity contribution in [3.8, 4) is 0 Å². The van der Waals surface area contributed by atoms with E-state index in [9.17, 15) is 5.21 Å². The van der Waals surface area contributed by atoms with E-state index in [0.29, 0.717) is 22.9 Å². The lowest BCUT2D eigenvalue weighted by Gasteiger charge is -2.15. The highest BCUT2D eigenvalue weighted by molar-refractivity contribution is 6.30. The lowest BCUT2D eigenvalue weighted by Crippen LogP contribution is -2.28. The number of pyridine rings is 1. The van der Waals surface area contributed by atoms with Crippen LogP contribution in [0.5, 0.6) is 0 Å². The van der Waals surface area contributed by atoms with Gasteiger partial charge in [-0.1, -0.05) is 35.3 Å². The predicted octanol–water partition coefficient (Wildman–Crippen LogP) is 3.92. The van der Waals surface area contributed by atoms with Crippen LogP contribution >= 0.6 is 23.2 Å². The molecule has 0 saturated carbocycles. The monoisotopic (exact) mass is 309 g/mol. The Labute approximate surface area is 128 Å². The third-order valence-corrected chi connectivity index (χ3v) is 3.40. The van der Waals surface area contributed by atoms with Crippen LogP contribution in [0.4, 0.5) is 0 Å². The van der Waals surface area contributed by atoms with Gasteiger partial charge in [0, 0.05) is 23.5 Å². The molecule has 0 aliphatic carbocycles. The Morgan fingerprint density at radius 2 is 1.90 bits per heavy atom. The minimum atomic E-state index is -0.0739. The van der Waals surface area contributed by atoms with E-state index >= 15 is 0 Å². The molecular weight excluding hydrogens is 295 g/mol. The van der Waals surface area contributed by atoms with Gasteiger partial charge in [-0.05, 0) is 48.6 Å². The molecule has 5 heteroatoms. The first-order valence-electron chi connectivity index (χ1n) is 6.25. The molecule has 0 bridgehead atoms. The molecule has 1 heterocycles. The summed E-state index contributed by atoms with van der Waals surface area (Å²) in [6.07, 6.45) is 6.69. The number of hydrogen-bond donors (Lipinski definition) is 2. The van der Waals surface area contributed by atoms with E-state index in [1.54, 1.807) is 12.4 Å². The zero-order chi connectivity index (χ0) is 14.4. The Bertz CT molecular complexity index is 546. The first-order chi connectivity index (χ1) is 9.67. The largest absolute Gasteiger partial charge is 0.317 e. The van der Waals surface area contributed by atoms with Gasteiger partial charge in [-0.3, -0.25) is 4.98 Å². The molecule has 0 aliphatic rings. The second-order valence-corrected chi connectivity index (χ2v) is 5.41. The summed E-state index contributed by atoms with van der Waals surface area (Å²) < 4.78 is 0. The van der Waals surface area contributed by atoms with Crippen molar-refractivity contribution in [2.45, 2.75) is 18.9 Å². The minimum absolute atomic E-state index is 0.0739. The number of nitrogens with one attached hydrogen (secondary N) is 1. The highest BCUT2D eigenvalue weighted by Crippen LogP contribution is 2.15. The quantitative estimate of drug-likeness (QED) is 0.795. The molecule has 3 nitrogen and oxygen atoms in total. The Morgan fingerprint density at radius 1 is 1.15 bits per heavy atom. The molecule has 2 rings (SSSR count). The molecule has 2 N–H and O–H groups in total. The molecule has 1 aromatic heterocycles. The smallest absolute Gasteiger partial charge is 0.0592 e. The molecule has 1 radical (unpaired) electrons. The number of benzene rings is 1. The van der Waals surface area contributed by atoms with Crippen molar-refractivity contribution in [1.29, 1.82) is 0 Å². The van der Waals surface area contributed by atoms with E-state index in [2.05, 4.69) is 10.5 Å². The Hall–Kier alpha value is -1.13. The highest BCUT2D eigenvalue weighted by Gasteiger charge is 2.09. The average Bonchev–Trinajstić information content (AvgIpc) is 2.45. The molecular formula is C15H15Cl2N2O. The van der Waals surface area contributed by atoms with E-state index < -0.39 is 0 Å². The third-order valence-electron chi connectivity index (χ3n) is 2.94. The SMILES string of the molecule is ONC(C[CH]c1cncc(Cl)c1)Cc1ccc(Cl)cc1. The van der Waals surface area contributed by atoms with E-state index in [1.165, 1.54) is 0 Å². The number of hydrogen-bond acceptors (Lipinski definition) is 3. The van der Waals surface area contributed by atoms with E-state index in [4.69, 9.17) is 23.2 Å². The van der Waals surface area contributed by atoms with Gasteiger partial charge < -0.3 is 5.21 Å². The van der Waals surface area contributed by atoms with Gasteiger partial charge in [0.15, 0.2) is 0 Å². The number of rotatable bonds is 6. The van der Waals surface area contributed by atoms with E-state index in [1.807, 2.05) is 36.8 Å². The fraction of sp³-hybridized carbons (Fsp3) is 0.200. The number of nitrogens with zero attached hydrogens (tertiary/aromatic N) is 1. The van der Waals surface area contributed by atoms with Crippen LogP contribution in [0, 0.1) is 6.42 Å². The summed E-state index contributed by atoms with van der Waals surface area (Å²) in [6.45, 7) is 0. The normalized spacial score (nSPS) is 12.3. The Balaban J connectivity index is 1.90. The standard InChI is InChI=1S/C15H15Cl2N2O/c16-13-4-1-11(2-5-13)8-15(19-20)6-3-12-7-14(17)10-18-9-12/h1-5,7,9-10,15,19-20H,6,8H2. The summed E-state index contributed by atoms with van der Waals surface area (Å²) in [7, 11) is 0. The van der Waals surface area contributed by atoms with Crippen LogP contribution in [-0.4, -0.2) is 16.2 Å². The summed E-state index contributed by atoms with van der Waals surface area (Å²) in [5.41, 5.74) is 4.38. The summed E-state index contributed by atoms with van der Waals surface area (Å²) in [5.74, 6) is 0. The van der Waals surface area contributed by atoms with Gasteiger partial charge in [0.2, 0.25) is 0 Å². The van der Waals surface area contributed by atoms with Crippen LogP contribution in [-0.2, 0) is 6.42 Å². The fourth-order valence-electron chi connectivity index (χ4n) is 1.90. The summed E-state index contributed by atoms with van der Waals surface area (Å²) in [5, 5.41) is 10.5. The lowest BCUT2D eigenvalue weighted by molar-refractivity contribution is 0.125. The molecule has 0 amide bonds. The molecule has 0 fully saturated rings. The Morgan fingerprint density at radius 3 is 2.55 bits per heavy atom. The summed E-state index contributed by atoms with van der Waals surface area (Å²) >= 11 is 11.7. The van der Waals surface area contributed by atoms with Crippen LogP contribution in [0.1, 0.15) is 17.5 Å². The maximum Gasteiger partial charge on any atom is 0.0592 e. The van der Waals surface area contributed by atoms with Crippen molar-refractivity contribution in [1.82, 2.24) is 10.5 Å². The summed E-state index contributed by atoms with van der Waals surface area (Å²) in [4.78, 5) is 4.02. The molecule has 105 valence electrons. The van der Waals surface area contributed by atoms with Crippen LogP contribution in [0.2, 0.25) is 10.0 Å². The molecule has 1 aromatic carbocycles. The number of hydroxylamine groups is 1. The maximum absolute atomic E-state index is 9.24. The predicted molar refractivity (Wildman–Crippen MR) is 81.1 cm³/mol. The number of aromatic nitrogens is 1. The van der Waals surface area contributed by atoms with Gasteiger partial charge in [-0.25, -0.2) is 5.48 Å². The van der Waals surface area contributed by atoms with Crippen LogP contribution in [0.15, 0.2) is 42.7 Å². The van der Waals surface area contributed by atoms with Crippen LogP contribution in [0.3, 0.4) is 0 Å². The van der Waals surface area contributed by atoms with E-state index in [0.717, 1.165) is 11.1 Å².